The van der Waals surface area contributed by atoms with Gasteiger partial charge in [0.1, 0.15) is 5.82 Å². The molecule has 20 heavy (non-hydrogen) atoms. The summed E-state index contributed by atoms with van der Waals surface area (Å²) in [5.74, 6) is 0.567. The number of thiophene rings is 1. The molecule has 0 aliphatic heterocycles. The Morgan fingerprint density at radius 1 is 1.35 bits per heavy atom. The van der Waals surface area contributed by atoms with E-state index in [1.807, 2.05) is 17.5 Å². The molecule has 0 aliphatic carbocycles. The third kappa shape index (κ3) is 2.81. The van der Waals surface area contributed by atoms with E-state index >= 15 is 0 Å². The van der Waals surface area contributed by atoms with Gasteiger partial charge < -0.3 is 9.84 Å². The normalized spacial score (nSPS) is 10.7. The molecule has 0 atom stereocenters. The highest BCUT2D eigenvalue weighted by Crippen LogP contribution is 2.22. The molecular formula is C13H9ClFN3OS. The van der Waals surface area contributed by atoms with E-state index in [2.05, 4.69) is 15.5 Å². The minimum Gasteiger partial charge on any atom is -0.376 e. The van der Waals surface area contributed by atoms with E-state index in [0.717, 1.165) is 4.88 Å². The number of nitrogens with one attached hydrogen (secondary N) is 1. The summed E-state index contributed by atoms with van der Waals surface area (Å²) in [6.45, 7) is 0.348. The van der Waals surface area contributed by atoms with Gasteiger partial charge in [-0.05, 0) is 29.6 Å². The summed E-state index contributed by atoms with van der Waals surface area (Å²) in [4.78, 5) is 5.22. The zero-order valence-electron chi connectivity index (χ0n) is 10.1. The fourth-order valence-electron chi connectivity index (χ4n) is 1.62. The highest BCUT2D eigenvalue weighted by Gasteiger charge is 2.09. The van der Waals surface area contributed by atoms with Crippen LogP contribution in [0.5, 0.6) is 0 Å². The summed E-state index contributed by atoms with van der Waals surface area (Å²) in [5, 5.41) is 8.96. The summed E-state index contributed by atoms with van der Waals surface area (Å²) < 4.78 is 18.2. The number of rotatable bonds is 4. The van der Waals surface area contributed by atoms with Gasteiger partial charge in [0.25, 0.3) is 0 Å². The van der Waals surface area contributed by atoms with Gasteiger partial charge in [-0.3, -0.25) is 0 Å². The first-order valence-corrected chi connectivity index (χ1v) is 7.03. The summed E-state index contributed by atoms with van der Waals surface area (Å²) in [6, 6.07) is 8.25. The topological polar surface area (TPSA) is 51.0 Å². The number of hydrogen-bond donors (Lipinski definition) is 1. The van der Waals surface area contributed by atoms with E-state index in [4.69, 9.17) is 16.1 Å². The molecule has 0 saturated carbocycles. The molecule has 7 heteroatoms. The van der Waals surface area contributed by atoms with Gasteiger partial charge in [-0.1, -0.05) is 22.8 Å². The van der Waals surface area contributed by atoms with Crippen LogP contribution < -0.4 is 5.32 Å². The first-order chi connectivity index (χ1) is 9.72. The average Bonchev–Trinajstić information content (AvgIpc) is 3.09. The smallest absolute Gasteiger partial charge is 0.246 e. The lowest BCUT2D eigenvalue weighted by Gasteiger charge is -2.03. The Kier molecular flexibility index (Phi) is 3.66. The second-order valence-corrected chi connectivity index (χ2v) is 5.33. The molecule has 0 unspecified atom stereocenters. The minimum atomic E-state index is -0.449. The van der Waals surface area contributed by atoms with Gasteiger partial charge in [-0.15, -0.1) is 11.3 Å². The molecule has 0 saturated heterocycles. The van der Waals surface area contributed by atoms with E-state index in [1.165, 1.54) is 12.1 Å². The monoisotopic (exact) mass is 309 g/mol. The Hall–Kier alpha value is -1.92. The lowest BCUT2D eigenvalue weighted by Crippen LogP contribution is -1.99. The van der Waals surface area contributed by atoms with Crippen molar-refractivity contribution in [3.05, 3.63) is 52.4 Å². The Morgan fingerprint density at radius 3 is 3.00 bits per heavy atom. The quantitative estimate of drug-likeness (QED) is 0.784. The van der Waals surface area contributed by atoms with Crippen LogP contribution in [0.2, 0.25) is 5.02 Å². The first-order valence-electron chi connectivity index (χ1n) is 5.78. The lowest BCUT2D eigenvalue weighted by molar-refractivity contribution is 0.384. The number of aromatic nitrogens is 2. The molecule has 0 aliphatic rings. The zero-order chi connectivity index (χ0) is 13.9. The third-order valence-corrected chi connectivity index (χ3v) is 3.73. The summed E-state index contributed by atoms with van der Waals surface area (Å²) in [6.07, 6.45) is 0. The summed E-state index contributed by atoms with van der Waals surface area (Å²) >= 11 is 7.25. The first kappa shape index (κ1) is 13.1. The maximum absolute atomic E-state index is 13.0. The fourth-order valence-corrected chi connectivity index (χ4v) is 2.45. The lowest BCUT2D eigenvalue weighted by atomic mass is 10.3. The van der Waals surface area contributed by atoms with Gasteiger partial charge in [0, 0.05) is 5.69 Å². The van der Waals surface area contributed by atoms with Gasteiger partial charge in [0.2, 0.25) is 11.7 Å². The predicted molar refractivity (Wildman–Crippen MR) is 76.3 cm³/mol. The van der Waals surface area contributed by atoms with Crippen LogP contribution in [0.1, 0.15) is 5.89 Å². The van der Waals surface area contributed by atoms with Crippen LogP contribution in [0.15, 0.2) is 40.2 Å². The number of anilines is 1. The van der Waals surface area contributed by atoms with E-state index < -0.39 is 5.82 Å². The number of benzene rings is 1. The van der Waals surface area contributed by atoms with Crippen molar-refractivity contribution >= 4 is 28.6 Å². The molecule has 3 rings (SSSR count). The predicted octanol–water partition coefficient (Wildman–Crippen LogP) is 4.20. The highest BCUT2D eigenvalue weighted by atomic mass is 35.5. The third-order valence-electron chi connectivity index (χ3n) is 2.57. The van der Waals surface area contributed by atoms with Gasteiger partial charge in [0.05, 0.1) is 16.4 Å². The largest absolute Gasteiger partial charge is 0.376 e. The second-order valence-electron chi connectivity index (χ2n) is 3.97. The van der Waals surface area contributed by atoms with Crippen LogP contribution in [-0.4, -0.2) is 10.1 Å². The molecule has 0 radical (unpaired) electrons. The van der Waals surface area contributed by atoms with E-state index in [0.29, 0.717) is 23.9 Å². The maximum Gasteiger partial charge on any atom is 0.246 e. The molecule has 2 heterocycles. The maximum atomic E-state index is 13.0. The molecule has 1 N–H and O–H groups in total. The van der Waals surface area contributed by atoms with Gasteiger partial charge in [-0.2, -0.15) is 4.98 Å². The fraction of sp³-hybridized carbons (Fsp3) is 0.0769. The summed E-state index contributed by atoms with van der Waals surface area (Å²) in [5.41, 5.74) is 0.687. The molecule has 0 bridgehead atoms. The van der Waals surface area contributed by atoms with Crippen LogP contribution in [-0.2, 0) is 6.54 Å². The second kappa shape index (κ2) is 5.60. The van der Waals surface area contributed by atoms with E-state index in [-0.39, 0.29) is 5.02 Å². The Balaban J connectivity index is 1.68. The average molecular weight is 310 g/mol. The van der Waals surface area contributed by atoms with Crippen molar-refractivity contribution in [2.45, 2.75) is 6.54 Å². The van der Waals surface area contributed by atoms with Gasteiger partial charge in [0.15, 0.2) is 0 Å². The Labute approximate surface area is 123 Å². The number of hydrogen-bond acceptors (Lipinski definition) is 5. The van der Waals surface area contributed by atoms with Crippen molar-refractivity contribution in [3.8, 4) is 10.7 Å². The number of halogens is 2. The van der Waals surface area contributed by atoms with Crippen LogP contribution in [0, 0.1) is 5.82 Å². The Morgan fingerprint density at radius 2 is 2.25 bits per heavy atom. The van der Waals surface area contributed by atoms with Crippen LogP contribution >= 0.6 is 22.9 Å². The standard InChI is InChI=1S/C13H9ClFN3OS/c14-9-6-8(3-4-10(9)15)16-7-12-17-13(18-19-12)11-2-1-5-20-11/h1-6,16H,7H2. The van der Waals surface area contributed by atoms with Crippen molar-refractivity contribution in [1.82, 2.24) is 10.1 Å². The highest BCUT2D eigenvalue weighted by molar-refractivity contribution is 7.13. The van der Waals surface area contributed by atoms with Gasteiger partial charge >= 0.3 is 0 Å². The molecule has 4 nitrogen and oxygen atoms in total. The molecule has 0 amide bonds. The molecule has 0 fully saturated rings. The molecule has 0 spiro atoms. The van der Waals surface area contributed by atoms with Crippen molar-refractivity contribution in [1.29, 1.82) is 0 Å². The molecular weight excluding hydrogens is 301 g/mol. The molecule has 3 aromatic rings. The SMILES string of the molecule is Fc1ccc(NCc2nc(-c3cccs3)no2)cc1Cl. The van der Waals surface area contributed by atoms with Crippen molar-refractivity contribution in [2.24, 2.45) is 0 Å². The minimum absolute atomic E-state index is 0.0693. The molecule has 102 valence electrons. The van der Waals surface area contributed by atoms with Crippen LogP contribution in [0.25, 0.3) is 10.7 Å². The van der Waals surface area contributed by atoms with Crippen LogP contribution in [0.3, 0.4) is 0 Å². The van der Waals surface area contributed by atoms with Crippen molar-refractivity contribution < 1.29 is 8.91 Å². The van der Waals surface area contributed by atoms with Crippen molar-refractivity contribution in [2.75, 3.05) is 5.32 Å². The Bertz CT molecular complexity index is 714. The number of nitrogens with zero attached hydrogens (tertiary/aromatic N) is 2. The van der Waals surface area contributed by atoms with E-state index in [9.17, 15) is 4.39 Å². The molecule has 1 aromatic carbocycles. The zero-order valence-corrected chi connectivity index (χ0v) is 11.7. The van der Waals surface area contributed by atoms with E-state index in [1.54, 1.807) is 17.4 Å². The van der Waals surface area contributed by atoms with Gasteiger partial charge in [-0.25, -0.2) is 4.39 Å². The summed E-state index contributed by atoms with van der Waals surface area (Å²) in [7, 11) is 0. The van der Waals surface area contributed by atoms with Crippen LogP contribution in [0.4, 0.5) is 10.1 Å². The van der Waals surface area contributed by atoms with Crippen molar-refractivity contribution in [3.63, 3.8) is 0 Å². The molecule has 2 aromatic heterocycles.